The van der Waals surface area contributed by atoms with Gasteiger partial charge in [-0.1, -0.05) is 37.3 Å². The van der Waals surface area contributed by atoms with Gasteiger partial charge in [0.2, 0.25) is 15.9 Å². The number of benzene rings is 1. The number of sulfonamides is 1. The Morgan fingerprint density at radius 3 is 2.56 bits per heavy atom. The van der Waals surface area contributed by atoms with Crippen molar-refractivity contribution in [3.05, 3.63) is 59.9 Å². The molecule has 1 amide bonds. The predicted molar refractivity (Wildman–Crippen MR) is 124 cm³/mol. The third kappa shape index (κ3) is 3.90. The van der Waals surface area contributed by atoms with Crippen molar-refractivity contribution < 1.29 is 22.0 Å². The Morgan fingerprint density at radius 2 is 1.94 bits per heavy atom. The van der Waals surface area contributed by atoms with Crippen LogP contribution in [-0.4, -0.2) is 40.8 Å². The maximum atomic E-state index is 14.9. The maximum Gasteiger partial charge on any atom is 0.252 e. The molecule has 2 aromatic rings. The number of nitriles is 1. The van der Waals surface area contributed by atoms with Gasteiger partial charge in [0.1, 0.15) is 0 Å². The molecule has 6 nitrogen and oxygen atoms in total. The van der Waals surface area contributed by atoms with Crippen LogP contribution in [-0.2, 0) is 14.8 Å². The average Bonchev–Trinajstić information content (AvgIpc) is 2.98. The molecule has 9 heteroatoms. The first-order chi connectivity index (χ1) is 16.0. The topological polar surface area (TPSA) is 91.1 Å². The highest BCUT2D eigenvalue weighted by atomic mass is 32.2. The molecule has 0 N–H and O–H groups in total. The van der Waals surface area contributed by atoms with Crippen LogP contribution in [0.5, 0.6) is 0 Å². The lowest BCUT2D eigenvalue weighted by molar-refractivity contribution is -0.127. The van der Waals surface area contributed by atoms with E-state index in [4.69, 9.17) is 0 Å². The van der Waals surface area contributed by atoms with Gasteiger partial charge in [-0.15, -0.1) is 0 Å². The average molecular weight is 486 g/mol. The van der Waals surface area contributed by atoms with E-state index >= 15 is 0 Å². The molecule has 0 unspecified atom stereocenters. The van der Waals surface area contributed by atoms with E-state index in [9.17, 15) is 27.3 Å². The standard InChI is InChI=1S/C25H25F2N3O3S/c1-15-21(24-16(2)30(17(3)31)34(32,33)23(24)12-25(15,26)27)11-10-20-9-8-19(14-29-20)22-7-5-4-6-18(22)13-28/h4-11,14-16,21,23-24H,12H2,1-3H3/b11-10+/t15-,16-,21+,23-,24+/m1/s1. The smallest absolute Gasteiger partial charge is 0.252 e. The minimum atomic E-state index is -4.16. The molecule has 34 heavy (non-hydrogen) atoms. The molecule has 1 aromatic carbocycles. The van der Waals surface area contributed by atoms with E-state index in [0.717, 1.165) is 22.4 Å². The van der Waals surface area contributed by atoms with Gasteiger partial charge in [-0.05, 0) is 31.1 Å². The zero-order chi connectivity index (χ0) is 24.8. The summed E-state index contributed by atoms with van der Waals surface area (Å²) in [4.78, 5) is 16.4. The molecule has 1 aliphatic heterocycles. The Labute approximate surface area is 198 Å². The summed E-state index contributed by atoms with van der Waals surface area (Å²) in [6.45, 7) is 4.18. The summed E-state index contributed by atoms with van der Waals surface area (Å²) in [5, 5.41) is 7.99. The number of rotatable bonds is 3. The zero-order valence-corrected chi connectivity index (χ0v) is 19.8. The van der Waals surface area contributed by atoms with E-state index in [1.54, 1.807) is 49.5 Å². The fourth-order valence-electron chi connectivity index (χ4n) is 5.39. The second kappa shape index (κ2) is 8.58. The zero-order valence-electron chi connectivity index (χ0n) is 19.0. The highest BCUT2D eigenvalue weighted by Gasteiger charge is 2.63. The molecule has 1 saturated carbocycles. The number of carbonyl (C=O) groups is 1. The molecule has 1 aromatic heterocycles. The van der Waals surface area contributed by atoms with Gasteiger partial charge in [-0.25, -0.2) is 21.5 Å². The lowest BCUT2D eigenvalue weighted by Gasteiger charge is -2.41. The number of pyridine rings is 1. The first kappa shape index (κ1) is 24.0. The second-order valence-electron chi connectivity index (χ2n) is 9.04. The third-order valence-electron chi connectivity index (χ3n) is 7.12. The van der Waals surface area contributed by atoms with Crippen molar-refractivity contribution in [1.29, 1.82) is 5.26 Å². The Morgan fingerprint density at radius 1 is 1.24 bits per heavy atom. The number of hydrogen-bond donors (Lipinski definition) is 0. The lowest BCUT2D eigenvalue weighted by Crippen LogP contribution is -2.49. The molecule has 0 spiro atoms. The number of carbonyl (C=O) groups excluding carboxylic acids is 1. The van der Waals surface area contributed by atoms with Gasteiger partial charge in [0.05, 0.1) is 22.6 Å². The summed E-state index contributed by atoms with van der Waals surface area (Å²) in [6.07, 6.45) is 4.05. The Bertz CT molecular complexity index is 1290. The molecular formula is C25H25F2N3O3S. The van der Waals surface area contributed by atoms with Crippen LogP contribution in [0.1, 0.15) is 38.4 Å². The molecule has 1 aliphatic carbocycles. The third-order valence-corrected chi connectivity index (χ3v) is 9.50. The molecule has 5 atom stereocenters. The number of allylic oxidation sites excluding steroid dienone is 1. The summed E-state index contributed by atoms with van der Waals surface area (Å²) in [7, 11) is -4.16. The van der Waals surface area contributed by atoms with Crippen LogP contribution in [0.15, 0.2) is 48.7 Å². The van der Waals surface area contributed by atoms with Crippen molar-refractivity contribution in [2.45, 2.75) is 44.4 Å². The van der Waals surface area contributed by atoms with Crippen molar-refractivity contribution >= 4 is 22.0 Å². The van der Waals surface area contributed by atoms with E-state index in [1.165, 1.54) is 6.92 Å². The molecule has 2 fully saturated rings. The first-order valence-electron chi connectivity index (χ1n) is 11.0. The molecule has 0 bridgehead atoms. The molecule has 178 valence electrons. The van der Waals surface area contributed by atoms with Gasteiger partial charge in [0, 0.05) is 48.5 Å². The number of halogens is 2. The fourth-order valence-corrected chi connectivity index (χ4v) is 7.88. The van der Waals surface area contributed by atoms with Crippen LogP contribution in [0, 0.1) is 29.1 Å². The molecule has 2 aliphatic rings. The Balaban J connectivity index is 1.66. The van der Waals surface area contributed by atoms with Crippen molar-refractivity contribution in [1.82, 2.24) is 9.29 Å². The van der Waals surface area contributed by atoms with E-state index in [1.807, 2.05) is 12.1 Å². The minimum absolute atomic E-state index is 0.517. The van der Waals surface area contributed by atoms with Gasteiger partial charge in [-0.3, -0.25) is 9.78 Å². The normalized spacial score (nSPS) is 29.5. The summed E-state index contributed by atoms with van der Waals surface area (Å²) < 4.78 is 56.4. The van der Waals surface area contributed by atoms with Crippen LogP contribution in [0.25, 0.3) is 17.2 Å². The number of fused-ring (bicyclic) bond motifs is 1. The quantitative estimate of drug-likeness (QED) is 0.639. The highest BCUT2D eigenvalue weighted by Crippen LogP contribution is 2.53. The van der Waals surface area contributed by atoms with Crippen molar-refractivity contribution in [2.24, 2.45) is 17.8 Å². The molecule has 4 rings (SSSR count). The molecule has 1 saturated heterocycles. The van der Waals surface area contributed by atoms with E-state index < -0.39 is 57.3 Å². The van der Waals surface area contributed by atoms with Crippen LogP contribution in [0.4, 0.5) is 8.78 Å². The van der Waals surface area contributed by atoms with Gasteiger partial charge < -0.3 is 0 Å². The van der Waals surface area contributed by atoms with Crippen LogP contribution in [0.2, 0.25) is 0 Å². The number of aromatic nitrogens is 1. The largest absolute Gasteiger partial charge is 0.274 e. The van der Waals surface area contributed by atoms with Crippen molar-refractivity contribution in [2.75, 3.05) is 0 Å². The molecule has 2 heterocycles. The first-order valence-corrected chi connectivity index (χ1v) is 12.5. The second-order valence-corrected chi connectivity index (χ2v) is 11.1. The van der Waals surface area contributed by atoms with E-state index in [2.05, 4.69) is 11.1 Å². The summed E-state index contributed by atoms with van der Waals surface area (Å²) >= 11 is 0. The number of nitrogens with zero attached hydrogens (tertiary/aromatic N) is 3. The molecule has 0 radical (unpaired) electrons. The van der Waals surface area contributed by atoms with Gasteiger partial charge in [-0.2, -0.15) is 5.26 Å². The predicted octanol–water partition coefficient (Wildman–Crippen LogP) is 4.49. The summed E-state index contributed by atoms with van der Waals surface area (Å²) in [6, 6.07) is 12.1. The number of amides is 1. The fraction of sp³-hybridized carbons (Fsp3) is 0.400. The SMILES string of the molecule is CC(=O)N1[C@H](C)[C@H]2[C@@H](/C=C/c3ccc(-c4ccccc4C#N)cn3)[C@@H](C)C(F)(F)C[C@H]2S1(=O)=O. The monoisotopic (exact) mass is 485 g/mol. The van der Waals surface area contributed by atoms with E-state index in [0.29, 0.717) is 11.3 Å². The van der Waals surface area contributed by atoms with Gasteiger partial charge >= 0.3 is 0 Å². The van der Waals surface area contributed by atoms with E-state index in [-0.39, 0.29) is 0 Å². The summed E-state index contributed by atoms with van der Waals surface area (Å²) in [5.41, 5.74) is 2.53. The van der Waals surface area contributed by atoms with Crippen LogP contribution in [0.3, 0.4) is 0 Å². The minimum Gasteiger partial charge on any atom is -0.274 e. The molecular weight excluding hydrogens is 460 g/mol. The number of alkyl halides is 2. The van der Waals surface area contributed by atoms with Crippen molar-refractivity contribution in [3.63, 3.8) is 0 Å². The summed E-state index contributed by atoms with van der Waals surface area (Å²) in [5.74, 6) is -6.34. The lowest BCUT2D eigenvalue weighted by atomic mass is 9.67. The number of hydrogen-bond acceptors (Lipinski definition) is 5. The van der Waals surface area contributed by atoms with Crippen molar-refractivity contribution in [3.8, 4) is 17.2 Å². The van der Waals surface area contributed by atoms with Gasteiger partial charge in [0.15, 0.2) is 0 Å². The maximum absolute atomic E-state index is 14.9. The Kier molecular flexibility index (Phi) is 6.06. The van der Waals surface area contributed by atoms with Gasteiger partial charge in [0.25, 0.3) is 5.92 Å². The highest BCUT2D eigenvalue weighted by molar-refractivity contribution is 7.90. The van der Waals surface area contributed by atoms with Crippen LogP contribution < -0.4 is 0 Å². The Hall–Kier alpha value is -3.12. The van der Waals surface area contributed by atoms with Crippen LogP contribution >= 0.6 is 0 Å².